The minimum atomic E-state index is -0.671. The Kier molecular flexibility index (Phi) is 7.01. The molecule has 4 aromatic carbocycles. The molecule has 0 bridgehead atoms. The molecule has 0 aromatic heterocycles. The average molecular weight is 555 g/mol. The third-order valence-electron chi connectivity index (χ3n) is 6.61. The zero-order valence-corrected chi connectivity index (χ0v) is 22.0. The predicted molar refractivity (Wildman–Crippen MR) is 157 cm³/mol. The van der Waals surface area contributed by atoms with Gasteiger partial charge < -0.3 is 20.1 Å². The van der Waals surface area contributed by atoms with Crippen molar-refractivity contribution in [1.82, 2.24) is 0 Å². The topological polar surface area (TPSA) is 111 Å². The molecule has 2 aliphatic rings. The Bertz CT molecular complexity index is 1670. The molecule has 0 radical (unpaired) electrons. The van der Waals surface area contributed by atoms with Crippen LogP contribution >= 0.6 is 0 Å². The molecule has 2 N–H and O–H groups in total. The number of amides is 2. The first-order valence-electron chi connectivity index (χ1n) is 13.0. The van der Waals surface area contributed by atoms with Gasteiger partial charge in [-0.15, -0.1) is 0 Å². The maximum atomic E-state index is 12.7. The second kappa shape index (κ2) is 11.2. The van der Waals surface area contributed by atoms with Crippen LogP contribution in [0.5, 0.6) is 0 Å². The third kappa shape index (κ3) is 5.50. The van der Waals surface area contributed by atoms with Crippen molar-refractivity contribution >= 4 is 46.6 Å². The molecule has 4 aromatic rings. The van der Waals surface area contributed by atoms with E-state index in [4.69, 9.17) is 9.47 Å². The Labute approximate surface area is 240 Å². The van der Waals surface area contributed by atoms with Gasteiger partial charge in [-0.3, -0.25) is 9.59 Å². The third-order valence-corrected chi connectivity index (χ3v) is 6.61. The highest BCUT2D eigenvalue weighted by molar-refractivity contribution is 6.13. The smallest absolute Gasteiger partial charge is 0.344 e. The number of cyclic esters (lactones) is 2. The Balaban J connectivity index is 1.17. The van der Waals surface area contributed by atoms with Crippen LogP contribution in [0.4, 0.5) is 11.4 Å². The molecule has 0 fully saturated rings. The van der Waals surface area contributed by atoms with Crippen molar-refractivity contribution in [3.8, 4) is 0 Å². The largest absolute Gasteiger partial charge is 0.422 e. The summed E-state index contributed by atoms with van der Waals surface area (Å²) in [6.07, 6.45) is 3.00. The number of benzene rings is 4. The maximum absolute atomic E-state index is 12.7. The van der Waals surface area contributed by atoms with E-state index in [1.807, 2.05) is 12.1 Å². The number of esters is 2. The van der Waals surface area contributed by atoms with Crippen molar-refractivity contribution in [2.24, 2.45) is 0 Å². The molecule has 8 nitrogen and oxygen atoms in total. The highest BCUT2D eigenvalue weighted by atomic mass is 16.5. The van der Waals surface area contributed by atoms with Gasteiger partial charge in [0, 0.05) is 33.6 Å². The van der Waals surface area contributed by atoms with Crippen LogP contribution in [0.15, 0.2) is 132 Å². The summed E-state index contributed by atoms with van der Waals surface area (Å²) in [5.41, 5.74) is 3.58. The minimum absolute atomic E-state index is 0.0817. The lowest BCUT2D eigenvalue weighted by Crippen LogP contribution is -2.11. The molecule has 0 atom stereocenters. The van der Waals surface area contributed by atoms with Crippen LogP contribution in [0.1, 0.15) is 31.8 Å². The van der Waals surface area contributed by atoms with Gasteiger partial charge in [-0.05, 0) is 84.9 Å². The number of ether oxygens (including phenoxy) is 2. The number of rotatable bonds is 6. The molecule has 0 spiro atoms. The zero-order valence-electron chi connectivity index (χ0n) is 22.0. The van der Waals surface area contributed by atoms with Crippen LogP contribution < -0.4 is 10.6 Å². The average Bonchev–Trinajstić information content (AvgIpc) is 3.60. The molecule has 6 rings (SSSR count). The summed E-state index contributed by atoms with van der Waals surface area (Å²) in [4.78, 5) is 50.2. The predicted octanol–water partition coefficient (Wildman–Crippen LogP) is 5.98. The van der Waals surface area contributed by atoms with Crippen LogP contribution in [-0.2, 0) is 19.1 Å². The van der Waals surface area contributed by atoms with Gasteiger partial charge in [-0.25, -0.2) is 9.59 Å². The second-order valence-electron chi connectivity index (χ2n) is 9.42. The minimum Gasteiger partial charge on any atom is -0.422 e. The Morgan fingerprint density at radius 1 is 0.476 bits per heavy atom. The monoisotopic (exact) mass is 554 g/mol. The Morgan fingerprint density at radius 2 is 0.833 bits per heavy atom. The summed E-state index contributed by atoms with van der Waals surface area (Å²) in [5, 5.41) is 5.64. The molecule has 2 amide bonds. The summed E-state index contributed by atoms with van der Waals surface area (Å²) in [6.45, 7) is 0. The van der Waals surface area contributed by atoms with Gasteiger partial charge in [-0.2, -0.15) is 0 Å². The van der Waals surface area contributed by atoms with E-state index in [1.165, 1.54) is 12.2 Å². The molecule has 0 unspecified atom stereocenters. The SMILES string of the molecule is O=C1OC(c2ccc(NC(=O)c3ccccc3)cc2)=C/C1=C1\C=C(c2ccc(NC(=O)c3ccccc3)cc2)OC1=O. The van der Waals surface area contributed by atoms with Gasteiger partial charge in [0.1, 0.15) is 11.5 Å². The summed E-state index contributed by atoms with van der Waals surface area (Å²) in [5.74, 6) is -1.27. The van der Waals surface area contributed by atoms with E-state index in [1.54, 1.807) is 97.1 Å². The second-order valence-corrected chi connectivity index (χ2v) is 9.42. The fourth-order valence-electron chi connectivity index (χ4n) is 4.43. The van der Waals surface area contributed by atoms with Gasteiger partial charge in [0.25, 0.3) is 11.8 Å². The zero-order chi connectivity index (χ0) is 29.1. The van der Waals surface area contributed by atoms with Crippen molar-refractivity contribution < 1.29 is 28.7 Å². The van der Waals surface area contributed by atoms with E-state index in [0.29, 0.717) is 33.6 Å². The van der Waals surface area contributed by atoms with Gasteiger partial charge in [-0.1, -0.05) is 36.4 Å². The molecule has 0 aliphatic carbocycles. The van der Waals surface area contributed by atoms with Crippen LogP contribution in [0.25, 0.3) is 11.5 Å². The lowest BCUT2D eigenvalue weighted by Gasteiger charge is -2.07. The summed E-state index contributed by atoms with van der Waals surface area (Å²) in [6, 6.07) is 31.3. The van der Waals surface area contributed by atoms with Crippen molar-refractivity contribution in [2.75, 3.05) is 10.6 Å². The summed E-state index contributed by atoms with van der Waals surface area (Å²) < 4.78 is 10.9. The summed E-state index contributed by atoms with van der Waals surface area (Å²) >= 11 is 0. The van der Waals surface area contributed by atoms with Crippen molar-refractivity contribution in [2.45, 2.75) is 0 Å². The van der Waals surface area contributed by atoms with Crippen LogP contribution in [0, 0.1) is 0 Å². The number of carbonyl (C=O) groups is 4. The number of hydrogen-bond donors (Lipinski definition) is 2. The molecule has 8 heteroatoms. The molecule has 2 heterocycles. The molecule has 0 saturated carbocycles. The lowest BCUT2D eigenvalue weighted by molar-refractivity contribution is -0.133. The maximum Gasteiger partial charge on any atom is 0.344 e. The van der Waals surface area contributed by atoms with E-state index < -0.39 is 11.9 Å². The number of carbonyl (C=O) groups excluding carboxylic acids is 4. The molecule has 204 valence electrons. The number of anilines is 2. The highest BCUT2D eigenvalue weighted by Crippen LogP contribution is 2.34. The first kappa shape index (κ1) is 26.2. The van der Waals surface area contributed by atoms with Gasteiger partial charge in [0.2, 0.25) is 0 Å². The summed E-state index contributed by atoms with van der Waals surface area (Å²) in [7, 11) is 0. The number of hydrogen-bond acceptors (Lipinski definition) is 6. The van der Waals surface area contributed by atoms with E-state index in [9.17, 15) is 19.2 Å². The Morgan fingerprint density at radius 3 is 1.19 bits per heavy atom. The highest BCUT2D eigenvalue weighted by Gasteiger charge is 2.32. The molecular formula is C34H22N2O6. The van der Waals surface area contributed by atoms with Crippen LogP contribution in [0.3, 0.4) is 0 Å². The van der Waals surface area contributed by atoms with E-state index in [2.05, 4.69) is 10.6 Å². The quantitative estimate of drug-likeness (QED) is 0.224. The van der Waals surface area contributed by atoms with Crippen molar-refractivity contribution in [3.05, 3.63) is 155 Å². The van der Waals surface area contributed by atoms with Crippen molar-refractivity contribution in [1.29, 1.82) is 0 Å². The standard InChI is InChI=1S/C34H22N2O6/c37-31(23-7-3-1-4-8-23)35-25-15-11-21(12-16-25)29-19-27(33(39)41-29)28-20-30(42-34(28)40)22-13-17-26(18-14-22)36-32(38)24-9-5-2-6-10-24/h1-20H,(H,35,37)(H,36,38)/b28-27-. The normalized spacial score (nSPS) is 15.8. The molecule has 0 saturated heterocycles. The van der Waals surface area contributed by atoms with Gasteiger partial charge in [0.15, 0.2) is 0 Å². The molecule has 42 heavy (non-hydrogen) atoms. The van der Waals surface area contributed by atoms with Crippen LogP contribution in [-0.4, -0.2) is 23.8 Å². The van der Waals surface area contributed by atoms with E-state index in [-0.39, 0.29) is 34.5 Å². The molecular weight excluding hydrogens is 532 g/mol. The Hall–Kier alpha value is -6.02. The van der Waals surface area contributed by atoms with Gasteiger partial charge in [0.05, 0.1) is 11.1 Å². The lowest BCUT2D eigenvalue weighted by atomic mass is 10.1. The molecule has 2 aliphatic heterocycles. The van der Waals surface area contributed by atoms with Crippen LogP contribution in [0.2, 0.25) is 0 Å². The van der Waals surface area contributed by atoms with Crippen molar-refractivity contribution in [3.63, 3.8) is 0 Å². The first-order chi connectivity index (χ1) is 20.4. The fraction of sp³-hybridized carbons (Fsp3) is 0. The van der Waals surface area contributed by atoms with E-state index >= 15 is 0 Å². The fourth-order valence-corrected chi connectivity index (χ4v) is 4.43. The van der Waals surface area contributed by atoms with E-state index in [0.717, 1.165) is 0 Å². The van der Waals surface area contributed by atoms with Gasteiger partial charge >= 0.3 is 11.9 Å². The number of nitrogens with one attached hydrogen (secondary N) is 2. The first-order valence-corrected chi connectivity index (χ1v) is 13.0.